The summed E-state index contributed by atoms with van der Waals surface area (Å²) in [6.07, 6.45) is 2.88. The number of hydrogen-bond acceptors (Lipinski definition) is 5. The molecule has 0 bridgehead atoms. The molecule has 0 aliphatic heterocycles. The lowest BCUT2D eigenvalue weighted by Crippen LogP contribution is -2.32. The van der Waals surface area contributed by atoms with Crippen LogP contribution < -0.4 is 9.62 Å². The van der Waals surface area contributed by atoms with Crippen molar-refractivity contribution in [1.82, 2.24) is 15.3 Å². The van der Waals surface area contributed by atoms with Gasteiger partial charge in [-0.25, -0.2) is 8.78 Å². The number of para-hydroxylation sites is 1. The van der Waals surface area contributed by atoms with Crippen LogP contribution in [0.5, 0.6) is 0 Å². The van der Waals surface area contributed by atoms with Crippen LogP contribution in [0.2, 0.25) is 5.02 Å². The predicted molar refractivity (Wildman–Crippen MR) is 125 cm³/mol. The largest absolute Gasteiger partial charge is 0.755 e. The van der Waals surface area contributed by atoms with Crippen LogP contribution in [-0.2, 0) is 11.3 Å². The van der Waals surface area contributed by atoms with E-state index in [2.05, 4.69) is 15.3 Å². The Balaban J connectivity index is 1.78. The van der Waals surface area contributed by atoms with Crippen LogP contribution in [0.15, 0.2) is 73.1 Å². The number of halogens is 3. The third-order valence-electron chi connectivity index (χ3n) is 5.00. The molecule has 4 aromatic rings. The van der Waals surface area contributed by atoms with Gasteiger partial charge in [0.1, 0.15) is 18.0 Å². The molecule has 34 heavy (non-hydrogen) atoms. The van der Waals surface area contributed by atoms with Gasteiger partial charge in [0.25, 0.3) is 5.91 Å². The summed E-state index contributed by atoms with van der Waals surface area (Å²) in [4.78, 5) is 21.6. The van der Waals surface area contributed by atoms with Gasteiger partial charge in [-0.1, -0.05) is 29.8 Å². The molecule has 1 heterocycles. The Kier molecular flexibility index (Phi) is 7.11. The van der Waals surface area contributed by atoms with E-state index in [9.17, 15) is 22.3 Å². The van der Waals surface area contributed by atoms with Gasteiger partial charge < -0.3 is 9.87 Å². The number of alkyl halides is 1. The Morgan fingerprint density at radius 2 is 1.82 bits per heavy atom. The van der Waals surface area contributed by atoms with E-state index >= 15 is 0 Å². The van der Waals surface area contributed by atoms with E-state index in [0.717, 1.165) is 16.4 Å². The normalized spacial score (nSPS) is 12.8. The number of aromatic nitrogens is 2. The Labute approximate surface area is 200 Å². The first kappa shape index (κ1) is 23.7. The summed E-state index contributed by atoms with van der Waals surface area (Å²) in [5, 5.41) is 2.70. The van der Waals surface area contributed by atoms with Gasteiger partial charge in [0, 0.05) is 17.4 Å². The third-order valence-corrected chi connectivity index (χ3v) is 5.93. The molecule has 0 aliphatic rings. The van der Waals surface area contributed by atoms with Crippen molar-refractivity contribution in [3.05, 3.63) is 95.0 Å². The van der Waals surface area contributed by atoms with Crippen LogP contribution in [0.25, 0.3) is 11.0 Å². The van der Waals surface area contributed by atoms with Gasteiger partial charge in [0.2, 0.25) is 0 Å². The summed E-state index contributed by atoms with van der Waals surface area (Å²) < 4.78 is 52.6. The quantitative estimate of drug-likeness (QED) is 0.367. The van der Waals surface area contributed by atoms with Crippen LogP contribution >= 0.6 is 11.6 Å². The second kappa shape index (κ2) is 10.2. The first-order chi connectivity index (χ1) is 16.4. The molecule has 11 heteroatoms. The molecule has 1 aromatic heterocycles. The fourth-order valence-corrected chi connectivity index (χ4v) is 4.22. The highest BCUT2D eigenvalue weighted by Crippen LogP contribution is 2.35. The summed E-state index contributed by atoms with van der Waals surface area (Å²) in [6.45, 7) is -0.962. The number of fused-ring (bicyclic) bond motifs is 1. The van der Waals surface area contributed by atoms with Crippen LogP contribution in [0.4, 0.5) is 20.2 Å². The minimum atomic E-state index is -2.89. The number of hydrogen-bond donors (Lipinski definition) is 1. The number of nitrogens with one attached hydrogen (secondary N) is 1. The van der Waals surface area contributed by atoms with Crippen LogP contribution in [0.1, 0.15) is 22.0 Å². The van der Waals surface area contributed by atoms with E-state index in [1.807, 2.05) is 0 Å². The summed E-state index contributed by atoms with van der Waals surface area (Å²) in [6, 6.07) is 12.8. The number of amides is 1. The van der Waals surface area contributed by atoms with E-state index in [-0.39, 0.29) is 27.5 Å². The van der Waals surface area contributed by atoms with Gasteiger partial charge in [0.05, 0.1) is 39.8 Å². The third kappa shape index (κ3) is 4.89. The number of carbonyl (C=O) groups is 1. The lowest BCUT2D eigenvalue weighted by atomic mass is 10.1. The van der Waals surface area contributed by atoms with E-state index in [4.69, 9.17) is 11.6 Å². The van der Waals surface area contributed by atoms with Crippen molar-refractivity contribution < 1.29 is 22.3 Å². The van der Waals surface area contributed by atoms with E-state index in [1.54, 1.807) is 12.1 Å². The average molecular weight is 502 g/mol. The monoisotopic (exact) mass is 501 g/mol. The molecule has 0 saturated heterocycles. The minimum Gasteiger partial charge on any atom is -0.755 e. The molecule has 0 fully saturated rings. The lowest BCUT2D eigenvalue weighted by molar-refractivity contribution is 0.0930. The summed E-state index contributed by atoms with van der Waals surface area (Å²) in [7, 11) is 0. The van der Waals surface area contributed by atoms with Gasteiger partial charge in [-0.2, -0.15) is 0 Å². The van der Waals surface area contributed by atoms with Crippen molar-refractivity contribution in [3.63, 3.8) is 0 Å². The zero-order chi connectivity index (χ0) is 24.2. The van der Waals surface area contributed by atoms with Gasteiger partial charge in [0.15, 0.2) is 0 Å². The summed E-state index contributed by atoms with van der Waals surface area (Å²) in [5.74, 6) is -1.25. The zero-order valence-electron chi connectivity index (χ0n) is 17.3. The number of benzene rings is 3. The first-order valence-electron chi connectivity index (χ1n) is 9.90. The molecule has 2 unspecified atom stereocenters. The molecule has 174 valence electrons. The molecular formula is C23H16ClF2N4O3S-. The number of nitrogens with zero attached hydrogens (tertiary/aromatic N) is 3. The molecule has 2 atom stereocenters. The molecule has 7 nitrogen and oxygen atoms in total. The number of rotatable bonds is 7. The maximum absolute atomic E-state index is 13.8. The van der Waals surface area contributed by atoms with Crippen molar-refractivity contribution in [2.75, 3.05) is 11.0 Å². The Morgan fingerprint density at radius 3 is 2.53 bits per heavy atom. The number of anilines is 2. The van der Waals surface area contributed by atoms with Crippen molar-refractivity contribution in [2.24, 2.45) is 0 Å². The van der Waals surface area contributed by atoms with Gasteiger partial charge in [-0.15, -0.1) is 0 Å². The highest BCUT2D eigenvalue weighted by molar-refractivity contribution is 7.81. The molecule has 4 rings (SSSR count). The van der Waals surface area contributed by atoms with Crippen molar-refractivity contribution in [2.45, 2.75) is 6.04 Å². The fraction of sp³-hybridized carbons (Fsp3) is 0.0870. The second-order valence-electron chi connectivity index (χ2n) is 7.11. The topological polar surface area (TPSA) is 98.2 Å². The fourth-order valence-electron chi connectivity index (χ4n) is 3.44. The molecule has 0 radical (unpaired) electrons. The predicted octanol–water partition coefficient (Wildman–Crippen LogP) is 4.80. The average Bonchev–Trinajstić information content (AvgIpc) is 2.83. The van der Waals surface area contributed by atoms with Crippen molar-refractivity contribution in [3.8, 4) is 0 Å². The Bertz CT molecular complexity index is 1370. The smallest absolute Gasteiger partial charge is 0.254 e. The highest BCUT2D eigenvalue weighted by Gasteiger charge is 2.24. The number of carbonyl (C=O) groups excluding carboxylic acids is 1. The molecule has 1 N–H and O–H groups in total. The molecule has 0 saturated carbocycles. The second-order valence-corrected chi connectivity index (χ2v) is 8.34. The minimum absolute atomic E-state index is 0.0619. The van der Waals surface area contributed by atoms with Crippen LogP contribution in [0.3, 0.4) is 0 Å². The van der Waals surface area contributed by atoms with Crippen molar-refractivity contribution >= 4 is 51.2 Å². The highest BCUT2D eigenvalue weighted by atomic mass is 35.5. The standard InChI is InChI=1S/C23H17ClF2N4O3S/c24-15-6-9-17(23(31)29-19(13-25)14-4-7-16(26)8-5-14)21(12-15)30(34(32)33)20-3-1-2-18-22(20)28-11-10-27-18/h1-12,19H,13H2,(H,29,31)(H,32,33)/p-1. The molecule has 0 aliphatic carbocycles. The summed E-state index contributed by atoms with van der Waals surface area (Å²) in [5.41, 5.74) is 1.09. The van der Waals surface area contributed by atoms with Gasteiger partial charge in [-0.05, 0) is 48.0 Å². The maximum atomic E-state index is 13.8. The van der Waals surface area contributed by atoms with E-state index in [0.29, 0.717) is 11.1 Å². The van der Waals surface area contributed by atoms with Crippen LogP contribution in [-0.4, -0.2) is 31.3 Å². The first-order valence-corrected chi connectivity index (χ1v) is 11.3. The summed E-state index contributed by atoms with van der Waals surface area (Å²) >= 11 is 3.25. The molecule has 1 amide bonds. The van der Waals surface area contributed by atoms with Gasteiger partial charge in [-0.3, -0.25) is 23.3 Å². The molecular weight excluding hydrogens is 486 g/mol. The molecule has 0 spiro atoms. The van der Waals surface area contributed by atoms with Gasteiger partial charge >= 0.3 is 0 Å². The lowest BCUT2D eigenvalue weighted by Gasteiger charge is -2.29. The Morgan fingerprint density at radius 1 is 1.09 bits per heavy atom. The zero-order valence-corrected chi connectivity index (χ0v) is 18.9. The van der Waals surface area contributed by atoms with E-state index < -0.39 is 35.7 Å². The molecule has 3 aromatic carbocycles. The van der Waals surface area contributed by atoms with E-state index in [1.165, 1.54) is 48.8 Å². The maximum Gasteiger partial charge on any atom is 0.254 e. The SMILES string of the molecule is O=C(NC(CF)c1ccc(F)cc1)c1ccc(Cl)cc1N(c1cccc2nccnc12)S(=O)[O-]. The Hall–Kier alpha value is -3.47. The van der Waals surface area contributed by atoms with Crippen LogP contribution in [0, 0.1) is 5.82 Å². The van der Waals surface area contributed by atoms with Crippen molar-refractivity contribution in [1.29, 1.82) is 0 Å².